The lowest BCUT2D eigenvalue weighted by Gasteiger charge is -2.22. The van der Waals surface area contributed by atoms with E-state index in [1.807, 2.05) is 0 Å². The van der Waals surface area contributed by atoms with Crippen molar-refractivity contribution in [2.75, 3.05) is 13.2 Å². The number of rotatable bonds is 8. The molecule has 0 saturated carbocycles. The lowest BCUT2D eigenvalue weighted by molar-refractivity contribution is -0.162. The molecule has 106 valence electrons. The lowest BCUT2D eigenvalue weighted by atomic mass is 10.2. The van der Waals surface area contributed by atoms with Gasteiger partial charge in [0.2, 0.25) is 0 Å². The van der Waals surface area contributed by atoms with Gasteiger partial charge in [0.15, 0.2) is 6.29 Å². The SMILES string of the molecule is C[Si](C)(C)C(=O)CCCCCOC1CCCCO1. The molecule has 0 amide bonds. The predicted molar refractivity (Wildman–Crippen MR) is 76.4 cm³/mol. The molecule has 0 N–H and O–H groups in total. The molecular formula is C14H28O3Si. The van der Waals surface area contributed by atoms with Gasteiger partial charge in [0, 0.05) is 19.6 Å². The monoisotopic (exact) mass is 272 g/mol. The first-order valence-corrected chi connectivity index (χ1v) is 10.8. The van der Waals surface area contributed by atoms with Gasteiger partial charge < -0.3 is 14.3 Å². The maximum Gasteiger partial charge on any atom is 0.157 e. The van der Waals surface area contributed by atoms with Crippen molar-refractivity contribution in [2.45, 2.75) is 70.9 Å². The second-order valence-electron chi connectivity index (χ2n) is 6.15. The molecule has 0 spiro atoms. The summed E-state index contributed by atoms with van der Waals surface area (Å²) in [6, 6.07) is 0. The average Bonchev–Trinajstić information content (AvgIpc) is 2.33. The summed E-state index contributed by atoms with van der Waals surface area (Å²) in [5.74, 6) is 0. The fourth-order valence-corrected chi connectivity index (χ4v) is 2.92. The third-order valence-electron chi connectivity index (χ3n) is 3.33. The molecule has 1 atom stereocenters. The van der Waals surface area contributed by atoms with Crippen molar-refractivity contribution in [3.8, 4) is 0 Å². The molecule has 0 aromatic carbocycles. The van der Waals surface area contributed by atoms with Gasteiger partial charge in [0.05, 0.1) is 0 Å². The molecule has 1 aliphatic rings. The Morgan fingerprint density at radius 1 is 1.22 bits per heavy atom. The van der Waals surface area contributed by atoms with E-state index in [4.69, 9.17) is 9.47 Å². The van der Waals surface area contributed by atoms with Gasteiger partial charge in [0.25, 0.3) is 0 Å². The Labute approximate surface area is 112 Å². The first kappa shape index (κ1) is 15.9. The van der Waals surface area contributed by atoms with Crippen molar-refractivity contribution >= 4 is 13.5 Å². The van der Waals surface area contributed by atoms with Crippen LogP contribution in [0.2, 0.25) is 19.6 Å². The zero-order valence-corrected chi connectivity index (χ0v) is 13.2. The van der Waals surface area contributed by atoms with E-state index in [9.17, 15) is 4.79 Å². The molecule has 0 radical (unpaired) electrons. The second-order valence-corrected chi connectivity index (χ2v) is 11.2. The van der Waals surface area contributed by atoms with Crippen LogP contribution in [0.5, 0.6) is 0 Å². The van der Waals surface area contributed by atoms with Gasteiger partial charge in [-0.3, -0.25) is 0 Å². The van der Waals surface area contributed by atoms with Gasteiger partial charge in [-0.25, -0.2) is 0 Å². The van der Waals surface area contributed by atoms with Crippen LogP contribution in [-0.4, -0.2) is 33.0 Å². The molecule has 1 rings (SSSR count). The Morgan fingerprint density at radius 3 is 2.61 bits per heavy atom. The van der Waals surface area contributed by atoms with Crippen LogP contribution in [0.1, 0.15) is 44.9 Å². The Morgan fingerprint density at radius 2 is 2.00 bits per heavy atom. The Kier molecular flexibility index (Phi) is 7.11. The Balaban J connectivity index is 1.94. The molecule has 18 heavy (non-hydrogen) atoms. The van der Waals surface area contributed by atoms with E-state index in [0.717, 1.165) is 45.3 Å². The molecular weight excluding hydrogens is 244 g/mol. The van der Waals surface area contributed by atoms with Crippen molar-refractivity contribution in [2.24, 2.45) is 0 Å². The minimum absolute atomic E-state index is 0.0300. The highest BCUT2D eigenvalue weighted by atomic mass is 28.3. The number of carbonyl (C=O) groups is 1. The lowest BCUT2D eigenvalue weighted by Crippen LogP contribution is -2.33. The molecule has 4 heteroatoms. The molecule has 1 fully saturated rings. The normalized spacial score (nSPS) is 20.9. The summed E-state index contributed by atoms with van der Waals surface area (Å²) < 4.78 is 11.2. The Hall–Kier alpha value is -0.193. The summed E-state index contributed by atoms with van der Waals surface area (Å²) in [7, 11) is -1.55. The third-order valence-corrected chi connectivity index (χ3v) is 5.25. The van der Waals surface area contributed by atoms with Gasteiger partial charge in [-0.1, -0.05) is 26.1 Å². The quantitative estimate of drug-likeness (QED) is 0.501. The molecule has 0 bridgehead atoms. The highest BCUT2D eigenvalue weighted by molar-refractivity contribution is 7.03. The number of carbonyl (C=O) groups excluding carboxylic acids is 1. The van der Waals surface area contributed by atoms with E-state index in [1.54, 1.807) is 0 Å². The summed E-state index contributed by atoms with van der Waals surface area (Å²) in [5.41, 5.74) is 0. The Bertz CT molecular complexity index is 242. The molecule has 1 saturated heterocycles. The van der Waals surface area contributed by atoms with E-state index in [1.165, 1.54) is 12.8 Å². The zero-order chi connectivity index (χ0) is 13.4. The molecule has 1 heterocycles. The van der Waals surface area contributed by atoms with E-state index in [-0.39, 0.29) is 6.29 Å². The summed E-state index contributed by atoms with van der Waals surface area (Å²) in [6.07, 6.45) is 7.35. The van der Waals surface area contributed by atoms with E-state index in [0.29, 0.717) is 5.41 Å². The van der Waals surface area contributed by atoms with Gasteiger partial charge in [-0.15, -0.1) is 0 Å². The third kappa shape index (κ3) is 6.66. The fraction of sp³-hybridized carbons (Fsp3) is 0.929. The second kappa shape index (κ2) is 8.07. The van der Waals surface area contributed by atoms with E-state index < -0.39 is 8.07 Å². The van der Waals surface area contributed by atoms with Crippen molar-refractivity contribution in [3.63, 3.8) is 0 Å². The summed E-state index contributed by atoms with van der Waals surface area (Å²) >= 11 is 0. The standard InChI is InChI=1S/C14H28O3Si/c1-18(2,3)13(15)9-5-4-7-11-16-14-10-6-8-12-17-14/h14H,4-12H2,1-3H3. The largest absolute Gasteiger partial charge is 0.353 e. The average molecular weight is 272 g/mol. The van der Waals surface area contributed by atoms with Crippen LogP contribution in [-0.2, 0) is 14.3 Å². The van der Waals surface area contributed by atoms with Crippen molar-refractivity contribution < 1.29 is 14.3 Å². The van der Waals surface area contributed by atoms with Crippen LogP contribution in [0.4, 0.5) is 0 Å². The van der Waals surface area contributed by atoms with Gasteiger partial charge in [0.1, 0.15) is 13.5 Å². The summed E-state index contributed by atoms with van der Waals surface area (Å²) in [6.45, 7) is 7.98. The fourth-order valence-electron chi connectivity index (χ4n) is 2.00. The van der Waals surface area contributed by atoms with Crippen LogP contribution in [0.3, 0.4) is 0 Å². The van der Waals surface area contributed by atoms with E-state index in [2.05, 4.69) is 19.6 Å². The maximum atomic E-state index is 11.8. The zero-order valence-electron chi connectivity index (χ0n) is 12.2. The van der Waals surface area contributed by atoms with Crippen LogP contribution in [0.25, 0.3) is 0 Å². The van der Waals surface area contributed by atoms with Crippen molar-refractivity contribution in [1.82, 2.24) is 0 Å². The van der Waals surface area contributed by atoms with Crippen LogP contribution >= 0.6 is 0 Å². The highest BCUT2D eigenvalue weighted by Crippen LogP contribution is 2.14. The van der Waals surface area contributed by atoms with Crippen molar-refractivity contribution in [1.29, 1.82) is 0 Å². The molecule has 1 aliphatic heterocycles. The highest BCUT2D eigenvalue weighted by Gasteiger charge is 2.22. The predicted octanol–water partition coefficient (Wildman–Crippen LogP) is 3.54. The number of ether oxygens (including phenoxy) is 2. The van der Waals surface area contributed by atoms with Gasteiger partial charge in [-0.2, -0.15) is 0 Å². The van der Waals surface area contributed by atoms with Crippen LogP contribution in [0, 0.1) is 0 Å². The van der Waals surface area contributed by atoms with Crippen molar-refractivity contribution in [3.05, 3.63) is 0 Å². The maximum absolute atomic E-state index is 11.8. The van der Waals surface area contributed by atoms with E-state index >= 15 is 0 Å². The minimum atomic E-state index is -1.55. The molecule has 0 aliphatic carbocycles. The van der Waals surface area contributed by atoms with Gasteiger partial charge >= 0.3 is 0 Å². The topological polar surface area (TPSA) is 35.5 Å². The first-order valence-electron chi connectivity index (χ1n) is 7.26. The number of hydrogen-bond acceptors (Lipinski definition) is 3. The number of hydrogen-bond donors (Lipinski definition) is 0. The molecule has 0 aromatic rings. The van der Waals surface area contributed by atoms with Gasteiger partial charge in [-0.05, 0) is 32.1 Å². The molecule has 1 unspecified atom stereocenters. The first-order chi connectivity index (χ1) is 8.50. The minimum Gasteiger partial charge on any atom is -0.353 e. The summed E-state index contributed by atoms with van der Waals surface area (Å²) in [5, 5.41) is 0.499. The number of unbranched alkanes of at least 4 members (excludes halogenated alkanes) is 2. The smallest absolute Gasteiger partial charge is 0.157 e. The summed E-state index contributed by atoms with van der Waals surface area (Å²) in [4.78, 5) is 11.8. The van der Waals surface area contributed by atoms with Crippen LogP contribution < -0.4 is 0 Å². The molecule has 3 nitrogen and oxygen atoms in total. The van der Waals surface area contributed by atoms with Crippen LogP contribution in [0.15, 0.2) is 0 Å². The molecule has 0 aromatic heterocycles.